The van der Waals surface area contributed by atoms with Crippen molar-refractivity contribution in [2.45, 2.75) is 52.1 Å². The highest BCUT2D eigenvalue weighted by molar-refractivity contribution is 5.77. The van der Waals surface area contributed by atoms with E-state index in [9.17, 15) is 9.59 Å². The number of rotatable bonds is 4. The van der Waals surface area contributed by atoms with Crippen LogP contribution in [0.5, 0.6) is 0 Å². The molecule has 0 radical (unpaired) electrons. The fraction of sp³-hybridized carbons (Fsp3) is 0.833. The Morgan fingerprint density at radius 2 is 1.81 bits per heavy atom. The summed E-state index contributed by atoms with van der Waals surface area (Å²) >= 11 is 0. The minimum Gasteiger partial charge on any atom is -0.460 e. The van der Waals surface area contributed by atoms with Crippen LogP contribution in [0.1, 0.15) is 46.0 Å². The first-order valence-corrected chi connectivity index (χ1v) is 5.95. The van der Waals surface area contributed by atoms with Crippen LogP contribution in [0.2, 0.25) is 0 Å². The highest BCUT2D eigenvalue weighted by Gasteiger charge is 2.19. The van der Waals surface area contributed by atoms with Crippen LogP contribution in [0.3, 0.4) is 0 Å². The van der Waals surface area contributed by atoms with Gasteiger partial charge >= 0.3 is 11.9 Å². The molecule has 1 aliphatic carbocycles. The van der Waals surface area contributed by atoms with Crippen LogP contribution in [0.4, 0.5) is 0 Å². The number of carbonyl (C=O) groups is 2. The lowest BCUT2D eigenvalue weighted by atomic mass is 9.98. The quantitative estimate of drug-likeness (QED) is 0.691. The van der Waals surface area contributed by atoms with Gasteiger partial charge in [-0.05, 0) is 25.7 Å². The van der Waals surface area contributed by atoms with Crippen molar-refractivity contribution in [3.8, 4) is 0 Å². The second-order valence-electron chi connectivity index (χ2n) is 4.51. The number of hydrogen-bond donors (Lipinski definition) is 0. The van der Waals surface area contributed by atoms with E-state index in [1.807, 2.05) is 0 Å². The fourth-order valence-electron chi connectivity index (χ4n) is 1.70. The van der Waals surface area contributed by atoms with Crippen molar-refractivity contribution in [1.82, 2.24) is 0 Å². The monoisotopic (exact) mass is 228 g/mol. The van der Waals surface area contributed by atoms with Crippen LogP contribution in [0.25, 0.3) is 0 Å². The van der Waals surface area contributed by atoms with Gasteiger partial charge in [0.05, 0.1) is 5.92 Å². The van der Waals surface area contributed by atoms with Crippen molar-refractivity contribution >= 4 is 11.9 Å². The normalized spacial score (nSPS) is 17.2. The topological polar surface area (TPSA) is 52.6 Å². The van der Waals surface area contributed by atoms with Crippen molar-refractivity contribution in [1.29, 1.82) is 0 Å². The van der Waals surface area contributed by atoms with E-state index in [-0.39, 0.29) is 24.6 Å². The average molecular weight is 228 g/mol. The van der Waals surface area contributed by atoms with Crippen LogP contribution in [0, 0.1) is 5.92 Å². The Kier molecular flexibility index (Phi) is 5.29. The smallest absolute Gasteiger partial charge is 0.344 e. The van der Waals surface area contributed by atoms with Gasteiger partial charge in [-0.2, -0.15) is 0 Å². The molecule has 0 atom stereocenters. The first kappa shape index (κ1) is 13.0. The van der Waals surface area contributed by atoms with Crippen molar-refractivity contribution < 1.29 is 19.1 Å². The molecule has 0 aromatic rings. The zero-order chi connectivity index (χ0) is 12.0. The summed E-state index contributed by atoms with van der Waals surface area (Å²) in [6.45, 7) is 3.21. The van der Waals surface area contributed by atoms with Gasteiger partial charge in [-0.3, -0.25) is 4.79 Å². The maximum atomic E-state index is 11.3. The van der Waals surface area contributed by atoms with Gasteiger partial charge in [0.15, 0.2) is 6.61 Å². The molecule has 0 aromatic heterocycles. The summed E-state index contributed by atoms with van der Waals surface area (Å²) in [6, 6.07) is 0. The van der Waals surface area contributed by atoms with Crippen molar-refractivity contribution in [2.24, 2.45) is 5.92 Å². The molecule has 0 unspecified atom stereocenters. The van der Waals surface area contributed by atoms with E-state index in [2.05, 4.69) is 0 Å². The Morgan fingerprint density at radius 1 is 1.19 bits per heavy atom. The van der Waals surface area contributed by atoms with E-state index in [0.29, 0.717) is 0 Å². The van der Waals surface area contributed by atoms with Crippen LogP contribution in [0.15, 0.2) is 0 Å². The summed E-state index contributed by atoms with van der Waals surface area (Å²) in [7, 11) is 0. The molecule has 4 heteroatoms. The third-order valence-corrected chi connectivity index (χ3v) is 2.65. The van der Waals surface area contributed by atoms with E-state index < -0.39 is 5.97 Å². The lowest BCUT2D eigenvalue weighted by Gasteiger charge is -2.21. The van der Waals surface area contributed by atoms with Crippen LogP contribution < -0.4 is 0 Å². The van der Waals surface area contributed by atoms with Crippen molar-refractivity contribution in [2.75, 3.05) is 6.61 Å². The van der Waals surface area contributed by atoms with E-state index in [0.717, 1.165) is 25.7 Å². The molecule has 0 aliphatic heterocycles. The number of carbonyl (C=O) groups excluding carboxylic acids is 2. The van der Waals surface area contributed by atoms with E-state index >= 15 is 0 Å². The molecular weight excluding hydrogens is 208 g/mol. The Morgan fingerprint density at radius 3 is 2.38 bits per heavy atom. The molecule has 0 N–H and O–H groups in total. The zero-order valence-corrected chi connectivity index (χ0v) is 10.0. The summed E-state index contributed by atoms with van der Waals surface area (Å²) in [5, 5.41) is 0. The van der Waals surface area contributed by atoms with E-state index in [1.54, 1.807) is 13.8 Å². The maximum absolute atomic E-state index is 11.3. The minimum absolute atomic E-state index is 0.0269. The third kappa shape index (κ3) is 4.64. The van der Waals surface area contributed by atoms with Crippen LogP contribution >= 0.6 is 0 Å². The summed E-state index contributed by atoms with van der Waals surface area (Å²) in [5.74, 6) is -0.996. The molecule has 0 amide bonds. The molecule has 0 saturated heterocycles. The molecule has 0 spiro atoms. The number of esters is 2. The second-order valence-corrected chi connectivity index (χ2v) is 4.51. The van der Waals surface area contributed by atoms with Gasteiger partial charge in [-0.25, -0.2) is 4.79 Å². The van der Waals surface area contributed by atoms with Gasteiger partial charge in [0.2, 0.25) is 0 Å². The highest BCUT2D eigenvalue weighted by atomic mass is 16.6. The van der Waals surface area contributed by atoms with E-state index in [4.69, 9.17) is 9.47 Å². The highest BCUT2D eigenvalue weighted by Crippen LogP contribution is 2.20. The first-order valence-electron chi connectivity index (χ1n) is 5.95. The maximum Gasteiger partial charge on any atom is 0.344 e. The van der Waals surface area contributed by atoms with Crippen LogP contribution in [-0.2, 0) is 19.1 Å². The number of hydrogen-bond acceptors (Lipinski definition) is 4. The summed E-state index contributed by atoms with van der Waals surface area (Å²) in [5.41, 5.74) is 0. The molecule has 4 nitrogen and oxygen atoms in total. The van der Waals surface area contributed by atoms with Gasteiger partial charge in [0.1, 0.15) is 6.10 Å². The first-order chi connectivity index (χ1) is 7.59. The summed E-state index contributed by atoms with van der Waals surface area (Å²) < 4.78 is 10.00. The SMILES string of the molecule is CC(C)C(=O)OCC(=O)OC1CCCCC1. The molecule has 1 rings (SSSR count). The largest absolute Gasteiger partial charge is 0.460 e. The summed E-state index contributed by atoms with van der Waals surface area (Å²) in [4.78, 5) is 22.4. The zero-order valence-electron chi connectivity index (χ0n) is 10.0. The average Bonchev–Trinajstić information content (AvgIpc) is 2.27. The van der Waals surface area contributed by atoms with Gasteiger partial charge in [0, 0.05) is 0 Å². The Labute approximate surface area is 96.3 Å². The summed E-state index contributed by atoms with van der Waals surface area (Å²) in [6.07, 6.45) is 5.34. The molecule has 92 valence electrons. The Bertz CT molecular complexity index is 241. The third-order valence-electron chi connectivity index (χ3n) is 2.65. The lowest BCUT2D eigenvalue weighted by molar-refractivity contribution is -0.164. The van der Waals surface area contributed by atoms with Gasteiger partial charge in [-0.15, -0.1) is 0 Å². The Hall–Kier alpha value is -1.06. The molecule has 16 heavy (non-hydrogen) atoms. The van der Waals surface area contributed by atoms with Crippen molar-refractivity contribution in [3.05, 3.63) is 0 Å². The van der Waals surface area contributed by atoms with Gasteiger partial charge in [-0.1, -0.05) is 20.3 Å². The molecule has 1 fully saturated rings. The van der Waals surface area contributed by atoms with Gasteiger partial charge in [0.25, 0.3) is 0 Å². The predicted octanol–water partition coefficient (Wildman–Crippen LogP) is 2.06. The standard InChI is InChI=1S/C12H20O4/c1-9(2)12(14)15-8-11(13)16-10-6-4-3-5-7-10/h9-10H,3-8H2,1-2H3. The van der Waals surface area contributed by atoms with Crippen LogP contribution in [-0.4, -0.2) is 24.6 Å². The fourth-order valence-corrected chi connectivity index (χ4v) is 1.70. The molecule has 0 bridgehead atoms. The predicted molar refractivity (Wildman–Crippen MR) is 58.8 cm³/mol. The number of ether oxygens (including phenoxy) is 2. The molecular formula is C12H20O4. The molecule has 1 aliphatic rings. The second kappa shape index (κ2) is 6.51. The molecule has 1 saturated carbocycles. The molecule has 0 aromatic carbocycles. The van der Waals surface area contributed by atoms with Crippen molar-refractivity contribution in [3.63, 3.8) is 0 Å². The Balaban J connectivity index is 2.17. The minimum atomic E-state index is -0.430. The van der Waals surface area contributed by atoms with E-state index in [1.165, 1.54) is 6.42 Å². The molecule has 0 heterocycles. The lowest BCUT2D eigenvalue weighted by Crippen LogP contribution is -2.25. The van der Waals surface area contributed by atoms with Gasteiger partial charge < -0.3 is 9.47 Å².